The average molecular weight is 207 g/mol. The largest absolute Gasteiger partial charge is 0.356 e. The van der Waals surface area contributed by atoms with E-state index in [0.717, 1.165) is 0 Å². The van der Waals surface area contributed by atoms with Gasteiger partial charge in [-0.3, -0.25) is 4.79 Å². The lowest BCUT2D eigenvalue weighted by molar-refractivity contribution is -0.128. The normalized spacial score (nSPS) is 11.9. The van der Waals surface area contributed by atoms with Crippen molar-refractivity contribution in [2.75, 3.05) is 6.54 Å². The van der Waals surface area contributed by atoms with Crippen molar-refractivity contribution in [1.29, 1.82) is 0 Å². The summed E-state index contributed by atoms with van der Waals surface area (Å²) in [6.45, 7) is 5.95. The topological polar surface area (TPSA) is 29.1 Å². The van der Waals surface area contributed by atoms with E-state index >= 15 is 0 Å². The monoisotopic (exact) mass is 207 g/mol. The molecule has 4 heteroatoms. The predicted octanol–water partition coefficient (Wildman–Crippen LogP) is 2.58. The van der Waals surface area contributed by atoms with Crippen LogP contribution in [0.3, 0.4) is 0 Å². The number of nitrogens with one attached hydrogen (secondary N) is 1. The van der Waals surface area contributed by atoms with E-state index in [1.807, 2.05) is 20.8 Å². The van der Waals surface area contributed by atoms with Crippen molar-refractivity contribution in [2.45, 2.75) is 46.5 Å². The number of hydrogen-bond acceptors (Lipinski definition) is 1. The third kappa shape index (κ3) is 6.80. The zero-order valence-electron chi connectivity index (χ0n) is 9.07. The molecule has 0 unspecified atom stereocenters. The number of rotatable bonds is 5. The molecule has 0 aromatic heterocycles. The van der Waals surface area contributed by atoms with Crippen LogP contribution in [0, 0.1) is 5.41 Å². The molecular weight excluding hydrogens is 188 g/mol. The molecule has 0 fully saturated rings. The van der Waals surface area contributed by atoms with Crippen molar-refractivity contribution in [3.8, 4) is 0 Å². The molecule has 84 valence electrons. The summed E-state index contributed by atoms with van der Waals surface area (Å²) in [5.41, 5.74) is -0.400. The molecule has 0 saturated carbocycles. The highest BCUT2D eigenvalue weighted by atomic mass is 19.3. The van der Waals surface area contributed by atoms with Gasteiger partial charge in [0, 0.05) is 18.4 Å². The molecule has 0 atom stereocenters. The Bertz CT molecular complexity index is 175. The Kier molecular flexibility index (Phi) is 5.65. The van der Waals surface area contributed by atoms with Gasteiger partial charge in [-0.2, -0.15) is 0 Å². The second-order valence-corrected chi connectivity index (χ2v) is 4.39. The summed E-state index contributed by atoms with van der Waals surface area (Å²) in [5.74, 6) is -0.0328. The van der Waals surface area contributed by atoms with Crippen LogP contribution >= 0.6 is 0 Å². The van der Waals surface area contributed by atoms with Gasteiger partial charge in [0.25, 0.3) is 0 Å². The molecule has 0 aliphatic rings. The van der Waals surface area contributed by atoms with Gasteiger partial charge in [-0.05, 0) is 12.8 Å². The summed E-state index contributed by atoms with van der Waals surface area (Å²) in [6.07, 6.45) is -1.23. The van der Waals surface area contributed by atoms with Crippen molar-refractivity contribution in [1.82, 2.24) is 5.32 Å². The Balaban J connectivity index is 3.42. The van der Waals surface area contributed by atoms with E-state index in [9.17, 15) is 13.6 Å². The van der Waals surface area contributed by atoms with E-state index in [0.29, 0.717) is 19.4 Å². The zero-order chi connectivity index (χ0) is 11.2. The van der Waals surface area contributed by atoms with E-state index in [4.69, 9.17) is 0 Å². The Morgan fingerprint density at radius 1 is 1.29 bits per heavy atom. The number of alkyl halides is 2. The van der Waals surface area contributed by atoms with Crippen LogP contribution in [0.25, 0.3) is 0 Å². The van der Waals surface area contributed by atoms with Gasteiger partial charge in [-0.1, -0.05) is 20.8 Å². The molecule has 0 rings (SSSR count). The van der Waals surface area contributed by atoms with Gasteiger partial charge in [0.1, 0.15) is 0 Å². The lowest BCUT2D eigenvalue weighted by Crippen LogP contribution is -2.35. The number of halogens is 2. The van der Waals surface area contributed by atoms with Crippen LogP contribution < -0.4 is 5.32 Å². The molecule has 0 aromatic carbocycles. The van der Waals surface area contributed by atoms with Crippen molar-refractivity contribution in [2.24, 2.45) is 5.41 Å². The fraction of sp³-hybridized carbons (Fsp3) is 0.900. The minimum atomic E-state index is -2.23. The summed E-state index contributed by atoms with van der Waals surface area (Å²) in [6, 6.07) is 0. The van der Waals surface area contributed by atoms with E-state index in [2.05, 4.69) is 5.32 Å². The van der Waals surface area contributed by atoms with Crippen molar-refractivity contribution < 1.29 is 13.6 Å². The number of carbonyl (C=O) groups is 1. The third-order valence-corrected chi connectivity index (χ3v) is 1.82. The second kappa shape index (κ2) is 5.94. The van der Waals surface area contributed by atoms with Gasteiger partial charge in [-0.25, -0.2) is 8.78 Å². The number of hydrogen-bond donors (Lipinski definition) is 1. The minimum absolute atomic E-state index is 0.0328. The molecule has 2 nitrogen and oxygen atoms in total. The molecule has 0 spiro atoms. The van der Waals surface area contributed by atoms with Crippen molar-refractivity contribution in [3.05, 3.63) is 0 Å². The first-order chi connectivity index (χ1) is 6.34. The molecule has 0 radical (unpaired) electrons. The summed E-state index contributed by atoms with van der Waals surface area (Å²) >= 11 is 0. The third-order valence-electron chi connectivity index (χ3n) is 1.82. The van der Waals surface area contributed by atoms with Crippen LogP contribution in [0.5, 0.6) is 0 Å². The molecule has 14 heavy (non-hydrogen) atoms. The van der Waals surface area contributed by atoms with Gasteiger partial charge >= 0.3 is 0 Å². The SMILES string of the molecule is CC(C)(C)C(=O)NCCCCC(F)F. The van der Waals surface area contributed by atoms with Gasteiger partial charge in [0.15, 0.2) is 0 Å². The summed E-state index contributed by atoms with van der Waals surface area (Å²) < 4.78 is 23.4. The first-order valence-electron chi connectivity index (χ1n) is 4.90. The van der Waals surface area contributed by atoms with E-state index in [1.165, 1.54) is 0 Å². The fourth-order valence-corrected chi connectivity index (χ4v) is 0.891. The van der Waals surface area contributed by atoms with E-state index in [1.54, 1.807) is 0 Å². The second-order valence-electron chi connectivity index (χ2n) is 4.39. The van der Waals surface area contributed by atoms with Gasteiger partial charge in [0.2, 0.25) is 12.3 Å². The molecular formula is C10H19F2NO. The number of unbranched alkanes of at least 4 members (excludes halogenated alkanes) is 1. The van der Waals surface area contributed by atoms with Crippen LogP contribution in [0.1, 0.15) is 40.0 Å². The molecule has 0 heterocycles. The van der Waals surface area contributed by atoms with E-state index in [-0.39, 0.29) is 12.3 Å². The maximum Gasteiger partial charge on any atom is 0.238 e. The van der Waals surface area contributed by atoms with Crippen LogP contribution in [0.4, 0.5) is 8.78 Å². The molecule has 0 aliphatic carbocycles. The first-order valence-corrected chi connectivity index (χ1v) is 4.90. The summed E-state index contributed by atoms with van der Waals surface area (Å²) in [7, 11) is 0. The quantitative estimate of drug-likeness (QED) is 0.690. The van der Waals surface area contributed by atoms with Crippen LogP contribution in [-0.2, 0) is 4.79 Å². The van der Waals surface area contributed by atoms with E-state index < -0.39 is 11.8 Å². The van der Waals surface area contributed by atoms with Gasteiger partial charge in [-0.15, -0.1) is 0 Å². The van der Waals surface area contributed by atoms with Crippen molar-refractivity contribution in [3.63, 3.8) is 0 Å². The highest BCUT2D eigenvalue weighted by Gasteiger charge is 2.20. The molecule has 1 amide bonds. The van der Waals surface area contributed by atoms with Crippen LogP contribution in [-0.4, -0.2) is 18.9 Å². The minimum Gasteiger partial charge on any atom is -0.356 e. The molecule has 0 saturated heterocycles. The Hall–Kier alpha value is -0.670. The van der Waals surface area contributed by atoms with Crippen molar-refractivity contribution >= 4 is 5.91 Å². The predicted molar refractivity (Wildman–Crippen MR) is 52.3 cm³/mol. The van der Waals surface area contributed by atoms with Crippen LogP contribution in [0.15, 0.2) is 0 Å². The zero-order valence-corrected chi connectivity index (χ0v) is 9.07. The maximum absolute atomic E-state index is 11.7. The highest BCUT2D eigenvalue weighted by Crippen LogP contribution is 2.12. The molecule has 0 aromatic rings. The summed E-state index contributed by atoms with van der Waals surface area (Å²) in [4.78, 5) is 11.3. The lowest BCUT2D eigenvalue weighted by Gasteiger charge is -2.17. The van der Waals surface area contributed by atoms with Gasteiger partial charge in [0.05, 0.1) is 0 Å². The standard InChI is InChI=1S/C10H19F2NO/c1-10(2,3)9(14)13-7-5-4-6-8(11)12/h8H,4-7H2,1-3H3,(H,13,14). The Morgan fingerprint density at radius 2 is 1.86 bits per heavy atom. The van der Waals surface area contributed by atoms with Gasteiger partial charge < -0.3 is 5.32 Å². The first kappa shape index (κ1) is 13.3. The number of amides is 1. The lowest BCUT2D eigenvalue weighted by atomic mass is 9.96. The highest BCUT2D eigenvalue weighted by molar-refractivity contribution is 5.81. The molecule has 1 N–H and O–H groups in total. The fourth-order valence-electron chi connectivity index (χ4n) is 0.891. The average Bonchev–Trinajstić information content (AvgIpc) is 2.01. The van der Waals surface area contributed by atoms with Crippen LogP contribution in [0.2, 0.25) is 0 Å². The Labute approximate surface area is 84.1 Å². The Morgan fingerprint density at radius 3 is 2.29 bits per heavy atom. The molecule has 0 aliphatic heterocycles. The summed E-state index contributed by atoms with van der Waals surface area (Å²) in [5, 5.41) is 2.71. The number of carbonyl (C=O) groups excluding carboxylic acids is 1. The smallest absolute Gasteiger partial charge is 0.238 e. The maximum atomic E-state index is 11.7. The molecule has 0 bridgehead atoms.